The number of hydrogen-bond acceptors (Lipinski definition) is 3. The van der Waals surface area contributed by atoms with Crippen molar-refractivity contribution in [3.05, 3.63) is 41.5 Å². The lowest BCUT2D eigenvalue weighted by Gasteiger charge is -2.42. The van der Waals surface area contributed by atoms with Gasteiger partial charge in [0, 0.05) is 0 Å². The van der Waals surface area contributed by atoms with Crippen molar-refractivity contribution in [3.63, 3.8) is 0 Å². The third kappa shape index (κ3) is 6.47. The maximum Gasteiger partial charge on any atom is 0.420 e. The Morgan fingerprint density at radius 1 is 0.923 bits per heavy atom. The molecule has 0 heterocycles. The monoisotopic (exact) mass is 549 g/mol. The number of halogens is 3. The molecule has 4 rings (SSSR count). The highest BCUT2D eigenvalue weighted by Gasteiger charge is 2.44. The normalized spacial score (nSPS) is 23.7. The SMILES string of the molecule is CC(C)(C)C(O)C(C)(NC(=O)O)c1ccc2c(C(F)(F)F)c(OC3CCC(C4CCCCC4)CC3)ccc2c1. The molecule has 1 amide bonds. The van der Waals surface area contributed by atoms with Crippen molar-refractivity contribution in [1.29, 1.82) is 0 Å². The number of nitrogens with one attached hydrogen (secondary N) is 1. The molecule has 39 heavy (non-hydrogen) atoms. The summed E-state index contributed by atoms with van der Waals surface area (Å²) in [7, 11) is 0. The summed E-state index contributed by atoms with van der Waals surface area (Å²) >= 11 is 0. The first-order chi connectivity index (χ1) is 18.2. The number of aliphatic hydroxyl groups excluding tert-OH is 1. The van der Waals surface area contributed by atoms with Gasteiger partial charge in [-0.25, -0.2) is 4.79 Å². The molecule has 216 valence electrons. The van der Waals surface area contributed by atoms with Crippen molar-refractivity contribution in [2.75, 3.05) is 0 Å². The van der Waals surface area contributed by atoms with Gasteiger partial charge in [0.25, 0.3) is 0 Å². The topological polar surface area (TPSA) is 78.8 Å². The summed E-state index contributed by atoms with van der Waals surface area (Å²) in [6.45, 7) is 6.86. The van der Waals surface area contributed by atoms with E-state index in [0.29, 0.717) is 16.9 Å². The van der Waals surface area contributed by atoms with Crippen LogP contribution in [0.25, 0.3) is 10.8 Å². The Hall–Kier alpha value is -2.48. The maximum atomic E-state index is 14.4. The van der Waals surface area contributed by atoms with Crippen LogP contribution in [0, 0.1) is 17.3 Å². The second kappa shape index (κ2) is 11.2. The lowest BCUT2D eigenvalue weighted by Crippen LogP contribution is -2.55. The predicted octanol–water partition coefficient (Wildman–Crippen LogP) is 8.27. The van der Waals surface area contributed by atoms with Crippen LogP contribution in [-0.2, 0) is 11.7 Å². The van der Waals surface area contributed by atoms with Crippen LogP contribution in [0.3, 0.4) is 0 Å². The number of rotatable bonds is 6. The van der Waals surface area contributed by atoms with E-state index in [1.807, 2.05) is 0 Å². The van der Waals surface area contributed by atoms with Gasteiger partial charge in [0.15, 0.2) is 0 Å². The first kappa shape index (κ1) is 29.5. The highest BCUT2D eigenvalue weighted by Crippen LogP contribution is 2.45. The van der Waals surface area contributed by atoms with Gasteiger partial charge in [0.05, 0.1) is 17.7 Å². The molecule has 2 aromatic rings. The molecule has 2 aliphatic carbocycles. The number of amides is 1. The first-order valence-corrected chi connectivity index (χ1v) is 14.2. The molecule has 8 heteroatoms. The number of benzene rings is 2. The molecule has 2 unspecified atom stereocenters. The van der Waals surface area contributed by atoms with E-state index in [1.165, 1.54) is 56.4 Å². The molecule has 0 radical (unpaired) electrons. The van der Waals surface area contributed by atoms with Gasteiger partial charge >= 0.3 is 12.3 Å². The average Bonchev–Trinajstić information content (AvgIpc) is 2.87. The van der Waals surface area contributed by atoms with E-state index in [4.69, 9.17) is 4.74 Å². The summed E-state index contributed by atoms with van der Waals surface area (Å²) in [5.41, 5.74) is -2.58. The molecular formula is C31H42F3NO4. The fourth-order valence-corrected chi connectivity index (χ4v) is 6.87. The molecule has 2 aromatic carbocycles. The highest BCUT2D eigenvalue weighted by atomic mass is 19.4. The summed E-state index contributed by atoms with van der Waals surface area (Å²) in [5.74, 6) is 1.24. The molecule has 0 saturated heterocycles. The van der Waals surface area contributed by atoms with Gasteiger partial charge in [0.2, 0.25) is 0 Å². The number of hydrogen-bond donors (Lipinski definition) is 3. The van der Waals surface area contributed by atoms with Crippen molar-refractivity contribution in [2.24, 2.45) is 17.3 Å². The van der Waals surface area contributed by atoms with Crippen LogP contribution in [0.4, 0.5) is 18.0 Å². The van der Waals surface area contributed by atoms with E-state index < -0.39 is 34.9 Å². The average molecular weight is 550 g/mol. The van der Waals surface area contributed by atoms with Crippen LogP contribution >= 0.6 is 0 Å². The molecule has 0 aromatic heterocycles. The first-order valence-electron chi connectivity index (χ1n) is 14.2. The summed E-state index contributed by atoms with van der Waals surface area (Å²) in [5, 5.41) is 23.2. The summed E-state index contributed by atoms with van der Waals surface area (Å²) in [6, 6.07) is 7.31. The summed E-state index contributed by atoms with van der Waals surface area (Å²) in [6.07, 6.45) is 2.60. The lowest BCUT2D eigenvalue weighted by molar-refractivity contribution is -0.138. The van der Waals surface area contributed by atoms with Gasteiger partial charge in [-0.1, -0.05) is 71.1 Å². The van der Waals surface area contributed by atoms with Crippen LogP contribution in [0.2, 0.25) is 0 Å². The maximum absolute atomic E-state index is 14.4. The summed E-state index contributed by atoms with van der Waals surface area (Å²) in [4.78, 5) is 11.6. The molecule has 3 N–H and O–H groups in total. The predicted molar refractivity (Wildman–Crippen MR) is 146 cm³/mol. The molecule has 2 aliphatic rings. The zero-order valence-corrected chi connectivity index (χ0v) is 23.4. The van der Waals surface area contributed by atoms with E-state index in [-0.39, 0.29) is 17.2 Å². The minimum absolute atomic E-state index is 0.0115. The van der Waals surface area contributed by atoms with Gasteiger partial charge in [0.1, 0.15) is 11.3 Å². The van der Waals surface area contributed by atoms with E-state index >= 15 is 0 Å². The van der Waals surface area contributed by atoms with E-state index in [0.717, 1.165) is 31.6 Å². The molecule has 0 bridgehead atoms. The largest absolute Gasteiger partial charge is 0.490 e. The van der Waals surface area contributed by atoms with Crippen molar-refractivity contribution in [3.8, 4) is 5.75 Å². The molecule has 2 atom stereocenters. The highest BCUT2D eigenvalue weighted by molar-refractivity contribution is 5.89. The summed E-state index contributed by atoms with van der Waals surface area (Å²) < 4.78 is 49.3. The number of carbonyl (C=O) groups is 1. The van der Waals surface area contributed by atoms with E-state index in [9.17, 15) is 28.2 Å². The van der Waals surface area contributed by atoms with Gasteiger partial charge in [-0.2, -0.15) is 13.2 Å². The van der Waals surface area contributed by atoms with Gasteiger partial charge < -0.3 is 20.3 Å². The second-order valence-electron chi connectivity index (χ2n) is 12.8. The number of aliphatic hydroxyl groups is 1. The van der Waals surface area contributed by atoms with Crippen molar-refractivity contribution in [1.82, 2.24) is 5.32 Å². The fourth-order valence-electron chi connectivity index (χ4n) is 6.87. The molecule has 0 aliphatic heterocycles. The van der Waals surface area contributed by atoms with Crippen molar-refractivity contribution >= 4 is 16.9 Å². The molecule has 0 spiro atoms. The molecule has 5 nitrogen and oxygen atoms in total. The Bertz CT molecular complexity index is 1160. The van der Waals surface area contributed by atoms with Crippen LogP contribution in [-0.4, -0.2) is 28.5 Å². The third-order valence-electron chi connectivity index (χ3n) is 8.93. The minimum Gasteiger partial charge on any atom is -0.490 e. The Morgan fingerprint density at radius 3 is 2.10 bits per heavy atom. The number of ether oxygens (including phenoxy) is 1. The van der Waals surface area contributed by atoms with Gasteiger partial charge in [-0.15, -0.1) is 0 Å². The van der Waals surface area contributed by atoms with Crippen LogP contribution in [0.5, 0.6) is 5.75 Å². The third-order valence-corrected chi connectivity index (χ3v) is 8.93. The zero-order valence-electron chi connectivity index (χ0n) is 23.4. The van der Waals surface area contributed by atoms with Crippen LogP contribution in [0.1, 0.15) is 96.6 Å². The standard InChI is InChI=1S/C31H42F3NO4/c1-29(2,3)27(36)30(4,35-28(37)38)22-13-16-24-21(18-22)12-17-25(26(24)31(32,33)34)39-23-14-10-20(11-15-23)19-8-6-5-7-9-19/h12-13,16-20,23,27,35-36H,5-11,14-15H2,1-4H3,(H,37,38). The molecule has 2 fully saturated rings. The van der Waals surface area contributed by atoms with E-state index in [2.05, 4.69) is 5.32 Å². The van der Waals surface area contributed by atoms with Crippen molar-refractivity contribution in [2.45, 2.75) is 109 Å². The molecular weight excluding hydrogens is 507 g/mol. The smallest absolute Gasteiger partial charge is 0.420 e. The Labute approximate surface area is 229 Å². The van der Waals surface area contributed by atoms with Crippen LogP contribution in [0.15, 0.2) is 30.3 Å². The van der Waals surface area contributed by atoms with Crippen LogP contribution < -0.4 is 10.1 Å². The fraction of sp³-hybridized carbons (Fsp3) is 0.645. The quantitative estimate of drug-likeness (QED) is 0.339. The number of fused-ring (bicyclic) bond motifs is 1. The van der Waals surface area contributed by atoms with Gasteiger partial charge in [-0.3, -0.25) is 0 Å². The molecule has 2 saturated carbocycles. The minimum atomic E-state index is -4.64. The number of alkyl halides is 3. The Kier molecular flexibility index (Phi) is 8.46. The Morgan fingerprint density at radius 2 is 1.54 bits per heavy atom. The van der Waals surface area contributed by atoms with Gasteiger partial charge in [-0.05, 0) is 78.3 Å². The lowest BCUT2D eigenvalue weighted by atomic mass is 9.73. The Balaban J connectivity index is 1.63. The number of carboxylic acid groups (broad SMARTS) is 1. The zero-order chi connectivity index (χ0) is 28.6. The van der Waals surface area contributed by atoms with Crippen molar-refractivity contribution < 1.29 is 32.9 Å². The van der Waals surface area contributed by atoms with E-state index in [1.54, 1.807) is 33.8 Å². The second-order valence-corrected chi connectivity index (χ2v) is 12.8.